The molecular weight excluding hydrogens is 632 g/mol. The molecule has 0 aromatic heterocycles. The number of esters is 2. The van der Waals surface area contributed by atoms with E-state index in [-0.39, 0.29) is 43.2 Å². The number of alkyl halides is 1. The lowest BCUT2D eigenvalue weighted by Gasteiger charge is -2.38. The number of carbonyl (C=O) groups excluding carboxylic acids is 4. The van der Waals surface area contributed by atoms with E-state index in [0.29, 0.717) is 11.5 Å². The lowest BCUT2D eigenvalue weighted by Crippen LogP contribution is -2.39. The van der Waals surface area contributed by atoms with Crippen LogP contribution in [0.1, 0.15) is 65.4 Å². The number of hydrogen-bond donors (Lipinski definition) is 1. The minimum absolute atomic E-state index is 0.0144. The third-order valence-corrected chi connectivity index (χ3v) is 10.4. The van der Waals surface area contributed by atoms with E-state index >= 15 is 4.39 Å². The number of benzene rings is 1. The van der Waals surface area contributed by atoms with Crippen molar-refractivity contribution >= 4 is 24.2 Å². The average Bonchev–Trinajstić information content (AvgIpc) is 3.43. The van der Waals surface area contributed by atoms with E-state index in [4.69, 9.17) is 28.4 Å². The first-order chi connectivity index (χ1) is 22.6. The molecule has 2 bridgehead atoms. The van der Waals surface area contributed by atoms with Crippen molar-refractivity contribution in [1.29, 1.82) is 0 Å². The molecule has 3 aliphatic rings. The Kier molecular flexibility index (Phi) is 11.5. The first kappa shape index (κ1) is 36.8. The summed E-state index contributed by atoms with van der Waals surface area (Å²) in [4.78, 5) is 50.6. The van der Waals surface area contributed by atoms with Crippen LogP contribution in [0.5, 0.6) is 0 Å². The highest BCUT2D eigenvalue weighted by Gasteiger charge is 2.73. The highest BCUT2D eigenvalue weighted by atomic mass is 19.1. The van der Waals surface area contributed by atoms with E-state index < -0.39 is 66.4 Å². The van der Waals surface area contributed by atoms with E-state index in [1.54, 1.807) is 0 Å². The predicted molar refractivity (Wildman–Crippen MR) is 167 cm³/mol. The molecule has 0 spiro atoms. The van der Waals surface area contributed by atoms with Gasteiger partial charge in [-0.25, -0.2) is 23.2 Å². The van der Waals surface area contributed by atoms with Crippen LogP contribution in [0.3, 0.4) is 0 Å². The Bertz CT molecular complexity index is 1370. The van der Waals surface area contributed by atoms with Gasteiger partial charge in [0, 0.05) is 18.3 Å². The summed E-state index contributed by atoms with van der Waals surface area (Å²) in [5, 5.41) is 2.33. The van der Waals surface area contributed by atoms with Crippen molar-refractivity contribution in [1.82, 2.24) is 5.32 Å². The SMILES string of the molecule is C=CCOC(=O)NC1C(CC(CC(=O)OC(C)OC(=O)OC2CC3CCC2(C)C3(C)C)OCc2ccc(F)cc2)C1(F)C(=O)OCC=C. The van der Waals surface area contributed by atoms with Crippen LogP contribution in [0, 0.1) is 28.5 Å². The zero-order valence-corrected chi connectivity index (χ0v) is 27.8. The fourth-order valence-corrected chi connectivity index (χ4v) is 7.08. The van der Waals surface area contributed by atoms with Crippen LogP contribution in [-0.2, 0) is 44.6 Å². The molecule has 0 heterocycles. The second-order valence-electron chi connectivity index (χ2n) is 13.4. The zero-order chi connectivity index (χ0) is 35.3. The summed E-state index contributed by atoms with van der Waals surface area (Å²) >= 11 is 0. The summed E-state index contributed by atoms with van der Waals surface area (Å²) < 4.78 is 61.5. The maximum absolute atomic E-state index is 16.1. The minimum atomic E-state index is -2.65. The smallest absolute Gasteiger partial charge is 0.459 e. The standard InChI is InChI=1S/C35H45F2NO10/c1-7-15-43-30(40)35(37)26(29(35)38-31(41)44-16-8-2)18-25(45-20-22-9-11-24(36)12-10-22)19-28(39)46-21(3)47-32(42)48-27-17-23-13-14-34(27,6)33(23,4)5/h7-12,21,23,25-27,29H,1-2,13-20H2,3-6H3,(H,38,41). The molecule has 3 aliphatic carbocycles. The minimum Gasteiger partial charge on any atom is -0.459 e. The number of amides is 1. The molecule has 1 aromatic carbocycles. The molecule has 0 saturated heterocycles. The van der Waals surface area contributed by atoms with Crippen LogP contribution in [0.2, 0.25) is 0 Å². The largest absolute Gasteiger partial charge is 0.511 e. The van der Waals surface area contributed by atoms with Gasteiger partial charge >= 0.3 is 24.2 Å². The third kappa shape index (κ3) is 7.99. The molecular formula is C35H45F2NO10. The van der Waals surface area contributed by atoms with Crippen LogP contribution in [0.4, 0.5) is 18.4 Å². The molecule has 48 heavy (non-hydrogen) atoms. The quantitative estimate of drug-likeness (QED) is 0.0947. The highest BCUT2D eigenvalue weighted by molar-refractivity contribution is 5.87. The van der Waals surface area contributed by atoms with E-state index in [0.717, 1.165) is 19.3 Å². The summed E-state index contributed by atoms with van der Waals surface area (Å²) in [6, 6.07) is 4.07. The highest BCUT2D eigenvalue weighted by Crippen LogP contribution is 2.66. The van der Waals surface area contributed by atoms with Crippen LogP contribution >= 0.6 is 0 Å². The Balaban J connectivity index is 1.39. The zero-order valence-electron chi connectivity index (χ0n) is 27.8. The van der Waals surface area contributed by atoms with Crippen molar-refractivity contribution in [3.05, 3.63) is 61.0 Å². The maximum Gasteiger partial charge on any atom is 0.511 e. The number of fused-ring (bicyclic) bond motifs is 2. The van der Waals surface area contributed by atoms with Gasteiger partial charge in [-0.15, -0.1) is 0 Å². The van der Waals surface area contributed by atoms with Crippen LogP contribution < -0.4 is 5.32 Å². The van der Waals surface area contributed by atoms with Gasteiger partial charge in [0.05, 0.1) is 25.2 Å². The summed E-state index contributed by atoms with van der Waals surface area (Å²) in [7, 11) is 0. The van der Waals surface area contributed by atoms with Crippen molar-refractivity contribution in [2.45, 2.75) is 96.6 Å². The average molecular weight is 678 g/mol. The molecule has 8 atom stereocenters. The fourth-order valence-electron chi connectivity index (χ4n) is 7.08. The number of ether oxygens (including phenoxy) is 6. The molecule has 1 amide bonds. The molecule has 3 fully saturated rings. The van der Waals surface area contributed by atoms with Gasteiger partial charge in [0.1, 0.15) is 25.1 Å². The first-order valence-corrected chi connectivity index (χ1v) is 16.1. The molecule has 0 radical (unpaired) electrons. The summed E-state index contributed by atoms with van der Waals surface area (Å²) in [5.74, 6) is -3.27. The second kappa shape index (κ2) is 15.0. The number of halogens is 2. The van der Waals surface area contributed by atoms with Crippen molar-refractivity contribution < 1.29 is 56.4 Å². The maximum atomic E-state index is 16.1. The molecule has 3 saturated carbocycles. The topological polar surface area (TPSA) is 136 Å². The molecule has 0 aliphatic heterocycles. The van der Waals surface area contributed by atoms with Crippen molar-refractivity contribution in [2.24, 2.45) is 22.7 Å². The Morgan fingerprint density at radius 1 is 1.04 bits per heavy atom. The number of rotatable bonds is 16. The summed E-state index contributed by atoms with van der Waals surface area (Å²) in [6.07, 6.45) is 0.0292. The van der Waals surface area contributed by atoms with Gasteiger partial charge in [0.2, 0.25) is 12.0 Å². The van der Waals surface area contributed by atoms with Gasteiger partial charge < -0.3 is 33.7 Å². The Morgan fingerprint density at radius 3 is 2.31 bits per heavy atom. The van der Waals surface area contributed by atoms with E-state index in [9.17, 15) is 23.6 Å². The lowest BCUT2D eigenvalue weighted by atomic mass is 9.70. The van der Waals surface area contributed by atoms with Gasteiger partial charge in [-0.1, -0.05) is 58.2 Å². The van der Waals surface area contributed by atoms with Gasteiger partial charge in [0.15, 0.2) is 0 Å². The monoisotopic (exact) mass is 677 g/mol. The van der Waals surface area contributed by atoms with Gasteiger partial charge in [-0.3, -0.25) is 4.79 Å². The number of nitrogens with one attached hydrogen (secondary N) is 1. The van der Waals surface area contributed by atoms with E-state index in [1.165, 1.54) is 43.3 Å². The summed E-state index contributed by atoms with van der Waals surface area (Å²) in [5.41, 5.74) is -2.27. The Hall–Kier alpha value is -4.00. The van der Waals surface area contributed by atoms with Crippen LogP contribution in [0.15, 0.2) is 49.6 Å². The number of hydrogen-bond acceptors (Lipinski definition) is 10. The second-order valence-corrected chi connectivity index (χ2v) is 13.4. The Morgan fingerprint density at radius 2 is 1.71 bits per heavy atom. The number of carbonyl (C=O) groups is 4. The lowest BCUT2D eigenvalue weighted by molar-refractivity contribution is -0.173. The Labute approximate surface area is 279 Å². The van der Waals surface area contributed by atoms with Gasteiger partial charge in [-0.05, 0) is 54.7 Å². The van der Waals surface area contributed by atoms with E-state index in [1.807, 2.05) is 0 Å². The molecule has 1 aromatic rings. The number of alkyl carbamates (subject to hydrolysis) is 1. The predicted octanol–water partition coefficient (Wildman–Crippen LogP) is 6.10. The molecule has 8 unspecified atom stereocenters. The molecule has 264 valence electrons. The van der Waals surface area contributed by atoms with Crippen molar-refractivity contribution in [2.75, 3.05) is 13.2 Å². The molecule has 13 heteroatoms. The molecule has 4 rings (SSSR count). The van der Waals surface area contributed by atoms with Crippen LogP contribution in [-0.4, -0.2) is 67.6 Å². The van der Waals surface area contributed by atoms with Gasteiger partial charge in [0.25, 0.3) is 0 Å². The van der Waals surface area contributed by atoms with E-state index in [2.05, 4.69) is 39.2 Å². The van der Waals surface area contributed by atoms with Crippen LogP contribution in [0.25, 0.3) is 0 Å². The molecule has 11 nitrogen and oxygen atoms in total. The normalized spacial score (nSPS) is 29.1. The molecule has 1 N–H and O–H groups in total. The summed E-state index contributed by atoms with van der Waals surface area (Å²) in [6.45, 7) is 14.2. The van der Waals surface area contributed by atoms with Crippen molar-refractivity contribution in [3.63, 3.8) is 0 Å². The third-order valence-electron chi connectivity index (χ3n) is 10.4. The van der Waals surface area contributed by atoms with Crippen molar-refractivity contribution in [3.8, 4) is 0 Å². The first-order valence-electron chi connectivity index (χ1n) is 16.1. The fraction of sp³-hybridized carbons (Fsp3) is 0.600. The van der Waals surface area contributed by atoms with Gasteiger partial charge in [-0.2, -0.15) is 0 Å².